The van der Waals surface area contributed by atoms with Crippen molar-refractivity contribution < 1.29 is 23.0 Å². The van der Waals surface area contributed by atoms with Crippen LogP contribution in [-0.2, 0) is 13.6 Å². The third kappa shape index (κ3) is 24.7. The highest BCUT2D eigenvalue weighted by Crippen LogP contribution is 2.43. The summed E-state index contributed by atoms with van der Waals surface area (Å²) in [5.74, 6) is 2.14. The quantitative estimate of drug-likeness (QED) is 0.0990. The summed E-state index contributed by atoms with van der Waals surface area (Å²) in [6.07, 6.45) is 18.8. The predicted molar refractivity (Wildman–Crippen MR) is 132 cm³/mol. The molecular formula is C23H51NO4PS+. The maximum atomic E-state index is 11.8. The van der Waals surface area contributed by atoms with Crippen molar-refractivity contribution in [1.82, 2.24) is 0 Å². The number of nitrogens with zero attached hydrogens (tertiary/aromatic N) is 1. The van der Waals surface area contributed by atoms with Crippen molar-refractivity contribution in [2.24, 2.45) is 0 Å². The molecule has 7 heteroatoms. The molecule has 0 saturated heterocycles. The van der Waals surface area contributed by atoms with Crippen molar-refractivity contribution in [3.63, 3.8) is 0 Å². The SMILES string of the molecule is CCCCCCCCCCCCCCCSCCCOP(=O)(O)OCC[N+](C)(C)C. The molecule has 0 radical (unpaired) electrons. The number of phosphoric acid groups is 1. The Morgan fingerprint density at radius 1 is 0.700 bits per heavy atom. The molecule has 0 spiro atoms. The van der Waals surface area contributed by atoms with Crippen LogP contribution in [0.5, 0.6) is 0 Å². The van der Waals surface area contributed by atoms with Crippen molar-refractivity contribution in [2.75, 3.05) is 52.4 Å². The highest BCUT2D eigenvalue weighted by atomic mass is 32.2. The number of likely N-dealkylation sites (N-methyl/N-ethyl adjacent to an activating group) is 1. The minimum absolute atomic E-state index is 0.227. The monoisotopic (exact) mass is 468 g/mol. The summed E-state index contributed by atoms with van der Waals surface area (Å²) in [6, 6.07) is 0. The summed E-state index contributed by atoms with van der Waals surface area (Å²) in [7, 11) is 2.16. The van der Waals surface area contributed by atoms with Crippen molar-refractivity contribution in [1.29, 1.82) is 0 Å². The third-order valence-electron chi connectivity index (χ3n) is 5.10. The van der Waals surface area contributed by atoms with Gasteiger partial charge in [0.1, 0.15) is 13.2 Å². The van der Waals surface area contributed by atoms with Gasteiger partial charge in [-0.1, -0.05) is 84.0 Å². The van der Waals surface area contributed by atoms with Gasteiger partial charge in [0.2, 0.25) is 0 Å². The number of hydrogen-bond acceptors (Lipinski definition) is 4. The Hall–Kier alpha value is 0.420. The zero-order valence-corrected chi connectivity index (χ0v) is 22.1. The molecule has 0 aliphatic heterocycles. The fourth-order valence-electron chi connectivity index (χ4n) is 3.13. The van der Waals surface area contributed by atoms with Gasteiger partial charge in [0.15, 0.2) is 0 Å². The number of rotatable bonds is 23. The molecule has 5 nitrogen and oxygen atoms in total. The largest absolute Gasteiger partial charge is 0.472 e. The van der Waals surface area contributed by atoms with Gasteiger partial charge in [-0.15, -0.1) is 0 Å². The number of hydrogen-bond donors (Lipinski definition) is 1. The maximum Gasteiger partial charge on any atom is 0.472 e. The van der Waals surface area contributed by atoms with Crippen LogP contribution in [0.2, 0.25) is 0 Å². The predicted octanol–water partition coefficient (Wildman–Crippen LogP) is 7.04. The summed E-state index contributed by atoms with van der Waals surface area (Å²) < 4.78 is 22.5. The highest BCUT2D eigenvalue weighted by molar-refractivity contribution is 7.99. The molecule has 0 aromatic heterocycles. The van der Waals surface area contributed by atoms with E-state index in [1.165, 1.54) is 89.2 Å². The van der Waals surface area contributed by atoms with Crippen molar-refractivity contribution in [3.05, 3.63) is 0 Å². The molecule has 0 aliphatic carbocycles. The topological polar surface area (TPSA) is 55.8 Å². The molecule has 0 heterocycles. The maximum absolute atomic E-state index is 11.8. The van der Waals surface area contributed by atoms with Gasteiger partial charge < -0.3 is 9.38 Å². The van der Waals surface area contributed by atoms with Crippen molar-refractivity contribution in [2.45, 2.75) is 96.8 Å². The summed E-state index contributed by atoms with van der Waals surface area (Å²) in [4.78, 5) is 9.64. The van der Waals surface area contributed by atoms with Crippen LogP contribution in [0.4, 0.5) is 0 Å². The van der Waals surface area contributed by atoms with Gasteiger partial charge in [-0.3, -0.25) is 9.05 Å². The van der Waals surface area contributed by atoms with E-state index in [-0.39, 0.29) is 13.2 Å². The van der Waals surface area contributed by atoms with E-state index in [0.29, 0.717) is 11.0 Å². The second kappa shape index (κ2) is 20.1. The van der Waals surface area contributed by atoms with Gasteiger partial charge in [-0.2, -0.15) is 11.8 Å². The van der Waals surface area contributed by atoms with Crippen LogP contribution in [0.25, 0.3) is 0 Å². The second-order valence-electron chi connectivity index (χ2n) is 9.36. The van der Waals surface area contributed by atoms with E-state index in [2.05, 4.69) is 6.92 Å². The van der Waals surface area contributed by atoms with Crippen LogP contribution in [0.15, 0.2) is 0 Å². The first-order chi connectivity index (χ1) is 14.3. The minimum atomic E-state index is -3.89. The molecular weight excluding hydrogens is 417 g/mol. The Balaban J connectivity index is 3.26. The Bertz CT molecular complexity index is 418. The van der Waals surface area contributed by atoms with E-state index in [0.717, 1.165) is 12.2 Å². The van der Waals surface area contributed by atoms with Crippen LogP contribution >= 0.6 is 19.6 Å². The lowest BCUT2D eigenvalue weighted by Crippen LogP contribution is -2.37. The zero-order valence-electron chi connectivity index (χ0n) is 20.4. The molecule has 0 saturated carbocycles. The summed E-state index contributed by atoms with van der Waals surface area (Å²) in [6.45, 7) is 3.45. The molecule has 1 N–H and O–H groups in total. The number of unbranched alkanes of at least 4 members (excludes halogenated alkanes) is 12. The molecule has 1 unspecified atom stereocenters. The summed E-state index contributed by atoms with van der Waals surface area (Å²) in [5, 5.41) is 0. The first kappa shape index (κ1) is 30.4. The average Bonchev–Trinajstić information content (AvgIpc) is 2.65. The summed E-state index contributed by atoms with van der Waals surface area (Å²) >= 11 is 1.91. The first-order valence-corrected chi connectivity index (χ1v) is 14.9. The average molecular weight is 469 g/mol. The smallest absolute Gasteiger partial charge is 0.329 e. The Morgan fingerprint density at radius 3 is 1.63 bits per heavy atom. The van der Waals surface area contributed by atoms with Crippen LogP contribution in [0, 0.1) is 0 Å². The lowest BCUT2D eigenvalue weighted by molar-refractivity contribution is -0.870. The highest BCUT2D eigenvalue weighted by Gasteiger charge is 2.21. The second-order valence-corrected chi connectivity index (χ2v) is 12.0. The Kier molecular flexibility index (Phi) is 20.3. The van der Waals surface area contributed by atoms with E-state index in [9.17, 15) is 9.46 Å². The van der Waals surface area contributed by atoms with E-state index < -0.39 is 7.82 Å². The van der Waals surface area contributed by atoms with Gasteiger partial charge >= 0.3 is 7.82 Å². The molecule has 0 aliphatic rings. The van der Waals surface area contributed by atoms with E-state index in [4.69, 9.17) is 9.05 Å². The van der Waals surface area contributed by atoms with Gasteiger partial charge in [0.05, 0.1) is 27.7 Å². The molecule has 0 amide bonds. The standard InChI is InChI=1S/C23H50NO4PS/c1-5-6-7-8-9-10-11-12-13-14-15-16-17-22-30-23-18-20-27-29(25,26)28-21-19-24(2,3)4/h5-23H2,1-4H3/p+1. The fraction of sp³-hybridized carbons (Fsp3) is 1.00. The first-order valence-electron chi connectivity index (χ1n) is 12.3. The van der Waals surface area contributed by atoms with Crippen LogP contribution < -0.4 is 0 Å². The zero-order chi connectivity index (χ0) is 22.6. The minimum Gasteiger partial charge on any atom is -0.329 e. The lowest BCUT2D eigenvalue weighted by Gasteiger charge is -2.24. The fourth-order valence-corrected chi connectivity index (χ4v) is 4.81. The molecule has 1 atom stereocenters. The van der Waals surface area contributed by atoms with Gasteiger partial charge in [-0.05, 0) is 24.3 Å². The van der Waals surface area contributed by atoms with E-state index in [1.54, 1.807) is 0 Å². The Labute approximate surface area is 191 Å². The normalized spacial score (nSPS) is 14.2. The number of phosphoric ester groups is 1. The molecule has 0 bridgehead atoms. The van der Waals surface area contributed by atoms with Crippen LogP contribution in [0.1, 0.15) is 96.8 Å². The van der Waals surface area contributed by atoms with Crippen molar-refractivity contribution >= 4 is 19.6 Å². The number of thioether (sulfide) groups is 1. The van der Waals surface area contributed by atoms with Gasteiger partial charge in [0.25, 0.3) is 0 Å². The number of quaternary nitrogens is 1. The van der Waals surface area contributed by atoms with E-state index >= 15 is 0 Å². The van der Waals surface area contributed by atoms with Crippen LogP contribution in [-0.4, -0.2) is 61.8 Å². The van der Waals surface area contributed by atoms with E-state index in [1.807, 2.05) is 32.9 Å². The lowest BCUT2D eigenvalue weighted by atomic mass is 10.1. The Morgan fingerprint density at radius 2 is 1.13 bits per heavy atom. The van der Waals surface area contributed by atoms with Crippen molar-refractivity contribution in [3.8, 4) is 0 Å². The van der Waals surface area contributed by atoms with Crippen LogP contribution in [0.3, 0.4) is 0 Å². The molecule has 30 heavy (non-hydrogen) atoms. The summed E-state index contributed by atoms with van der Waals surface area (Å²) in [5.41, 5.74) is 0. The van der Waals surface area contributed by atoms with Gasteiger partial charge in [-0.25, -0.2) is 4.57 Å². The molecule has 0 aromatic rings. The molecule has 0 aromatic carbocycles. The third-order valence-corrected chi connectivity index (χ3v) is 7.27. The molecule has 0 fully saturated rings. The molecule has 0 rings (SSSR count). The van der Waals surface area contributed by atoms with Gasteiger partial charge in [0, 0.05) is 0 Å². The molecule has 182 valence electrons.